The SMILES string of the molecule is CN1C(=O)/C(=C(\CNc2ccccc2)NCc2ccc(-c3ccccn3)cc2)C(=N)N2C1N(C)[C@@H]1CCC[C@@H]12. The number of likely N-dealkylation sites (N-methyl/N-ethyl adjacent to an activating group) is 2. The number of hydrogen-bond acceptors (Lipinski definition) is 6. The van der Waals surface area contributed by atoms with Crippen LogP contribution in [0.5, 0.6) is 0 Å². The molecule has 1 unspecified atom stereocenters. The van der Waals surface area contributed by atoms with Gasteiger partial charge in [0, 0.05) is 48.8 Å². The average Bonchev–Trinajstić information content (AvgIpc) is 3.56. The first-order valence-corrected chi connectivity index (χ1v) is 13.7. The Kier molecular flexibility index (Phi) is 6.79. The van der Waals surface area contributed by atoms with Crippen molar-refractivity contribution in [2.45, 2.75) is 44.2 Å². The van der Waals surface area contributed by atoms with Gasteiger partial charge in [0.05, 0.1) is 12.2 Å². The summed E-state index contributed by atoms with van der Waals surface area (Å²) in [5.74, 6) is 0.211. The summed E-state index contributed by atoms with van der Waals surface area (Å²) in [6, 6.07) is 24.8. The van der Waals surface area contributed by atoms with E-state index in [1.807, 2.05) is 55.6 Å². The summed E-state index contributed by atoms with van der Waals surface area (Å²) in [7, 11) is 3.95. The second kappa shape index (κ2) is 10.5. The van der Waals surface area contributed by atoms with E-state index in [1.54, 1.807) is 11.1 Å². The van der Waals surface area contributed by atoms with Crippen LogP contribution < -0.4 is 10.6 Å². The molecule has 2 aromatic carbocycles. The molecule has 0 spiro atoms. The number of carbonyl (C=O) groups is 1. The maximum atomic E-state index is 13.8. The second-order valence-corrected chi connectivity index (χ2v) is 10.6. The van der Waals surface area contributed by atoms with Gasteiger partial charge in [0.25, 0.3) is 5.91 Å². The number of anilines is 1. The molecule has 3 aromatic rings. The van der Waals surface area contributed by atoms with Crippen molar-refractivity contribution in [3.63, 3.8) is 0 Å². The van der Waals surface area contributed by atoms with Crippen LogP contribution in [0.2, 0.25) is 0 Å². The van der Waals surface area contributed by atoms with Crippen LogP contribution in [0.3, 0.4) is 0 Å². The number of para-hydroxylation sites is 1. The minimum Gasteiger partial charge on any atom is -0.382 e. The Balaban J connectivity index is 1.29. The van der Waals surface area contributed by atoms with Gasteiger partial charge in [-0.2, -0.15) is 0 Å². The van der Waals surface area contributed by atoms with Crippen LogP contribution in [0.4, 0.5) is 5.69 Å². The summed E-state index contributed by atoms with van der Waals surface area (Å²) in [5, 5.41) is 16.3. The van der Waals surface area contributed by atoms with E-state index in [0.29, 0.717) is 30.5 Å². The van der Waals surface area contributed by atoms with Crippen LogP contribution in [0.1, 0.15) is 24.8 Å². The van der Waals surface area contributed by atoms with Gasteiger partial charge in [0.15, 0.2) is 6.29 Å². The summed E-state index contributed by atoms with van der Waals surface area (Å²) >= 11 is 0. The number of nitrogens with zero attached hydrogens (tertiary/aromatic N) is 4. The number of hydrogen-bond donors (Lipinski definition) is 3. The van der Waals surface area contributed by atoms with Gasteiger partial charge in [-0.25, -0.2) is 0 Å². The number of amides is 1. The van der Waals surface area contributed by atoms with Gasteiger partial charge in [0.1, 0.15) is 11.4 Å². The highest BCUT2D eigenvalue weighted by Gasteiger charge is 2.55. The molecule has 6 rings (SSSR count). The fraction of sp³-hybridized carbons (Fsp3) is 0.323. The van der Waals surface area contributed by atoms with E-state index in [9.17, 15) is 10.2 Å². The van der Waals surface area contributed by atoms with Gasteiger partial charge < -0.3 is 20.4 Å². The summed E-state index contributed by atoms with van der Waals surface area (Å²) < 4.78 is 0. The minimum absolute atomic E-state index is 0.115. The monoisotopic (exact) mass is 521 g/mol. The maximum absolute atomic E-state index is 13.8. The molecular formula is C31H35N7O. The number of aromatic nitrogens is 1. The fourth-order valence-electron chi connectivity index (χ4n) is 6.31. The Morgan fingerprint density at radius 1 is 0.974 bits per heavy atom. The minimum atomic E-state index is -0.202. The summed E-state index contributed by atoms with van der Waals surface area (Å²) in [4.78, 5) is 24.5. The highest BCUT2D eigenvalue weighted by atomic mass is 16.2. The Morgan fingerprint density at radius 3 is 2.46 bits per heavy atom. The molecule has 3 atom stereocenters. The zero-order chi connectivity index (χ0) is 26.9. The quantitative estimate of drug-likeness (QED) is 0.406. The van der Waals surface area contributed by atoms with Crippen molar-refractivity contribution in [1.82, 2.24) is 25.0 Å². The molecular weight excluding hydrogens is 486 g/mol. The second-order valence-electron chi connectivity index (χ2n) is 10.6. The molecule has 1 aliphatic carbocycles. The van der Waals surface area contributed by atoms with E-state index in [0.717, 1.165) is 47.5 Å². The number of nitrogens with one attached hydrogen (secondary N) is 3. The topological polar surface area (TPSA) is 87.6 Å². The van der Waals surface area contributed by atoms with Gasteiger partial charge >= 0.3 is 0 Å². The normalized spacial score (nSPS) is 24.0. The first-order valence-electron chi connectivity index (χ1n) is 13.7. The number of pyridine rings is 1. The van der Waals surface area contributed by atoms with E-state index in [4.69, 9.17) is 0 Å². The zero-order valence-corrected chi connectivity index (χ0v) is 22.5. The Labute approximate surface area is 229 Å². The third-order valence-corrected chi connectivity index (χ3v) is 8.28. The highest BCUT2D eigenvalue weighted by Crippen LogP contribution is 2.41. The van der Waals surface area contributed by atoms with E-state index < -0.39 is 0 Å². The van der Waals surface area contributed by atoms with Crippen LogP contribution in [-0.2, 0) is 11.3 Å². The van der Waals surface area contributed by atoms with Crippen molar-refractivity contribution in [3.8, 4) is 11.3 Å². The molecule has 1 amide bonds. The van der Waals surface area contributed by atoms with Gasteiger partial charge in [-0.05, 0) is 56.1 Å². The number of amidine groups is 1. The predicted molar refractivity (Wildman–Crippen MR) is 154 cm³/mol. The number of fused-ring (bicyclic) bond motifs is 3. The van der Waals surface area contributed by atoms with Crippen molar-refractivity contribution >= 4 is 17.4 Å². The summed E-state index contributed by atoms with van der Waals surface area (Å²) in [6.45, 7) is 0.952. The predicted octanol–water partition coefficient (Wildman–Crippen LogP) is 4.11. The summed E-state index contributed by atoms with van der Waals surface area (Å²) in [5.41, 5.74) is 5.23. The van der Waals surface area contributed by atoms with Crippen molar-refractivity contribution < 1.29 is 4.79 Å². The van der Waals surface area contributed by atoms with Crippen LogP contribution >= 0.6 is 0 Å². The van der Waals surface area contributed by atoms with Gasteiger partial charge in [-0.1, -0.05) is 48.5 Å². The lowest BCUT2D eigenvalue weighted by atomic mass is 10.0. The van der Waals surface area contributed by atoms with Crippen molar-refractivity contribution in [3.05, 3.63) is 95.8 Å². The molecule has 0 bridgehead atoms. The number of rotatable bonds is 7. The number of carbonyl (C=O) groups excluding carboxylic acids is 1. The molecule has 1 saturated carbocycles. The number of benzene rings is 2. The maximum Gasteiger partial charge on any atom is 0.261 e. The molecule has 3 aliphatic rings. The fourth-order valence-corrected chi connectivity index (χ4v) is 6.31. The molecule has 8 heteroatoms. The smallest absolute Gasteiger partial charge is 0.261 e. The molecule has 1 aromatic heterocycles. The van der Waals surface area contributed by atoms with Crippen LogP contribution in [0, 0.1) is 5.41 Å². The molecule has 3 fully saturated rings. The molecule has 39 heavy (non-hydrogen) atoms. The summed E-state index contributed by atoms with van der Waals surface area (Å²) in [6.07, 6.45) is 4.91. The lowest BCUT2D eigenvalue weighted by molar-refractivity contribution is -0.135. The first kappa shape index (κ1) is 25.1. The lowest BCUT2D eigenvalue weighted by Crippen LogP contribution is -2.61. The van der Waals surface area contributed by atoms with Crippen molar-refractivity contribution in [2.75, 3.05) is 26.0 Å². The standard InChI is InChI=1S/C31H35N7O/c1-36-26-12-8-13-27(26)38-29(32)28(30(39)37(2)31(36)38)25(20-34-23-9-4-3-5-10-23)35-19-21-14-16-22(17-15-21)24-11-6-7-18-33-24/h3-7,9-11,14-18,26-27,31-32,34-35H,8,12-13,19-20H2,1-2H3/b28-25+,32-29?/t26-,27+,31?/m1/s1. The third-order valence-electron chi connectivity index (χ3n) is 8.28. The molecule has 2 saturated heterocycles. The van der Waals surface area contributed by atoms with E-state index in [2.05, 4.69) is 56.7 Å². The van der Waals surface area contributed by atoms with Crippen LogP contribution in [0.15, 0.2) is 90.3 Å². The van der Waals surface area contributed by atoms with Crippen LogP contribution in [-0.4, -0.2) is 70.4 Å². The van der Waals surface area contributed by atoms with Gasteiger partial charge in [-0.3, -0.25) is 20.1 Å². The Morgan fingerprint density at radius 2 is 1.72 bits per heavy atom. The van der Waals surface area contributed by atoms with E-state index in [-0.39, 0.29) is 18.2 Å². The molecule has 0 radical (unpaired) electrons. The Hall–Kier alpha value is -4.17. The first-order chi connectivity index (χ1) is 19.0. The largest absolute Gasteiger partial charge is 0.382 e. The van der Waals surface area contributed by atoms with Gasteiger partial charge in [-0.15, -0.1) is 0 Å². The molecule has 8 nitrogen and oxygen atoms in total. The van der Waals surface area contributed by atoms with E-state index >= 15 is 0 Å². The van der Waals surface area contributed by atoms with Crippen molar-refractivity contribution in [2.24, 2.45) is 0 Å². The third kappa shape index (κ3) is 4.65. The lowest BCUT2D eigenvalue weighted by Gasteiger charge is -2.44. The van der Waals surface area contributed by atoms with Gasteiger partial charge in [0.2, 0.25) is 0 Å². The van der Waals surface area contributed by atoms with Crippen molar-refractivity contribution in [1.29, 1.82) is 5.41 Å². The molecule has 3 heterocycles. The van der Waals surface area contributed by atoms with Crippen LogP contribution in [0.25, 0.3) is 11.3 Å². The average molecular weight is 522 g/mol. The highest BCUT2D eigenvalue weighted by molar-refractivity contribution is 6.22. The zero-order valence-electron chi connectivity index (χ0n) is 22.5. The molecule has 3 N–H and O–H groups in total. The van der Waals surface area contributed by atoms with E-state index in [1.165, 1.54) is 0 Å². The Bertz CT molecular complexity index is 1370. The molecule has 200 valence electrons. The molecule has 2 aliphatic heterocycles.